The van der Waals surface area contributed by atoms with E-state index in [-0.39, 0.29) is 18.1 Å². The zero-order valence-corrected chi connectivity index (χ0v) is 12.3. The molecule has 0 aromatic heterocycles. The van der Waals surface area contributed by atoms with Gasteiger partial charge in [-0.25, -0.2) is 0 Å². The second-order valence-electron chi connectivity index (χ2n) is 4.71. The molecule has 0 bridgehead atoms. The van der Waals surface area contributed by atoms with E-state index < -0.39 is 0 Å². The zero-order chi connectivity index (χ0) is 13.1. The first-order chi connectivity index (χ1) is 8.58. The molecule has 0 spiro atoms. The van der Waals surface area contributed by atoms with E-state index in [0.717, 1.165) is 10.0 Å². The molecule has 0 saturated carbocycles. The van der Waals surface area contributed by atoms with Gasteiger partial charge in [-0.15, -0.1) is 0 Å². The molecule has 2 atom stereocenters. The summed E-state index contributed by atoms with van der Waals surface area (Å²) in [4.78, 5) is 14.2. The predicted molar refractivity (Wildman–Crippen MR) is 74.4 cm³/mol. The third-order valence-electron chi connectivity index (χ3n) is 3.47. The van der Waals surface area contributed by atoms with E-state index >= 15 is 0 Å². The Morgan fingerprint density at radius 1 is 1.39 bits per heavy atom. The minimum atomic E-state index is 0.118. The van der Waals surface area contributed by atoms with Crippen LogP contribution in [0.1, 0.15) is 19.4 Å². The Labute approximate surface area is 116 Å². The van der Waals surface area contributed by atoms with Crippen molar-refractivity contribution in [1.82, 2.24) is 4.90 Å². The lowest BCUT2D eigenvalue weighted by atomic mass is 10.1. The molecule has 18 heavy (non-hydrogen) atoms. The van der Waals surface area contributed by atoms with Gasteiger partial charge in [0.25, 0.3) is 0 Å². The first-order valence-corrected chi connectivity index (χ1v) is 7.03. The highest BCUT2D eigenvalue weighted by molar-refractivity contribution is 9.10. The summed E-state index contributed by atoms with van der Waals surface area (Å²) in [5, 5.41) is 0. The number of nitrogens with zero attached hydrogens (tertiary/aromatic N) is 1. The molecule has 1 aromatic rings. The lowest BCUT2D eigenvalue weighted by Gasteiger charge is -2.38. The molecule has 0 aliphatic carbocycles. The van der Waals surface area contributed by atoms with Gasteiger partial charge in [-0.3, -0.25) is 4.79 Å². The Morgan fingerprint density at radius 2 is 2.06 bits per heavy atom. The molecule has 1 aliphatic rings. The molecule has 1 heterocycles. The van der Waals surface area contributed by atoms with Gasteiger partial charge < -0.3 is 9.64 Å². The monoisotopic (exact) mass is 311 g/mol. The summed E-state index contributed by atoms with van der Waals surface area (Å²) in [6.07, 6.45) is 0.581. The summed E-state index contributed by atoms with van der Waals surface area (Å²) in [5.41, 5.74) is 1.05. The second kappa shape index (κ2) is 5.85. The molecule has 1 fully saturated rings. The van der Waals surface area contributed by atoms with Gasteiger partial charge in [0, 0.05) is 11.0 Å². The van der Waals surface area contributed by atoms with E-state index in [1.165, 1.54) is 0 Å². The number of benzene rings is 1. The number of carbonyl (C=O) groups excluding carboxylic acids is 1. The summed E-state index contributed by atoms with van der Waals surface area (Å²) in [5.74, 6) is 0.181. The van der Waals surface area contributed by atoms with E-state index in [9.17, 15) is 4.79 Å². The van der Waals surface area contributed by atoms with Crippen LogP contribution < -0.4 is 0 Å². The van der Waals surface area contributed by atoms with Gasteiger partial charge in [0.15, 0.2) is 0 Å². The Hall–Kier alpha value is -0.870. The van der Waals surface area contributed by atoms with Crippen LogP contribution in [0.25, 0.3) is 0 Å². The van der Waals surface area contributed by atoms with Crippen LogP contribution in [0.3, 0.4) is 0 Å². The average Bonchev–Trinajstić information content (AvgIpc) is 2.35. The molecular weight excluding hydrogens is 294 g/mol. The lowest BCUT2D eigenvalue weighted by Crippen LogP contribution is -2.51. The summed E-state index contributed by atoms with van der Waals surface area (Å²) in [7, 11) is 0. The maximum atomic E-state index is 12.3. The number of hydrogen-bond donors (Lipinski definition) is 0. The van der Waals surface area contributed by atoms with Crippen LogP contribution in [0.4, 0.5) is 0 Å². The van der Waals surface area contributed by atoms with E-state index in [4.69, 9.17) is 4.74 Å². The molecule has 98 valence electrons. The zero-order valence-electron chi connectivity index (χ0n) is 10.7. The number of morpholine rings is 1. The van der Waals surface area contributed by atoms with Crippen molar-refractivity contribution in [1.29, 1.82) is 0 Å². The van der Waals surface area contributed by atoms with Crippen LogP contribution in [0.15, 0.2) is 28.7 Å². The van der Waals surface area contributed by atoms with E-state index in [2.05, 4.69) is 15.9 Å². The number of carbonyl (C=O) groups is 1. The highest BCUT2D eigenvalue weighted by Crippen LogP contribution is 2.16. The standard InChI is InChI=1S/C14H18BrNO2/c1-10-11(2)18-8-7-16(10)14(17)9-12-3-5-13(15)6-4-12/h3-6,10-11H,7-9H2,1-2H3. The van der Waals surface area contributed by atoms with Gasteiger partial charge in [-0.1, -0.05) is 28.1 Å². The molecule has 1 aliphatic heterocycles. The summed E-state index contributed by atoms with van der Waals surface area (Å²) < 4.78 is 6.57. The molecule has 0 radical (unpaired) electrons. The highest BCUT2D eigenvalue weighted by Gasteiger charge is 2.28. The van der Waals surface area contributed by atoms with Crippen molar-refractivity contribution in [3.63, 3.8) is 0 Å². The average molecular weight is 312 g/mol. The number of ether oxygens (including phenoxy) is 1. The van der Waals surface area contributed by atoms with Crippen LogP contribution >= 0.6 is 15.9 Å². The molecule has 0 N–H and O–H groups in total. The second-order valence-corrected chi connectivity index (χ2v) is 5.62. The van der Waals surface area contributed by atoms with Crippen molar-refractivity contribution in [2.75, 3.05) is 13.2 Å². The fourth-order valence-electron chi connectivity index (χ4n) is 2.16. The van der Waals surface area contributed by atoms with Gasteiger partial charge in [0.2, 0.25) is 5.91 Å². The maximum absolute atomic E-state index is 12.3. The van der Waals surface area contributed by atoms with Crippen molar-refractivity contribution in [2.45, 2.75) is 32.4 Å². The third-order valence-corrected chi connectivity index (χ3v) is 4.00. The molecule has 1 saturated heterocycles. The van der Waals surface area contributed by atoms with Crippen molar-refractivity contribution in [2.24, 2.45) is 0 Å². The number of amides is 1. The molecule has 2 unspecified atom stereocenters. The Morgan fingerprint density at radius 3 is 2.72 bits per heavy atom. The van der Waals surface area contributed by atoms with E-state index in [1.807, 2.05) is 43.0 Å². The normalized spacial score (nSPS) is 24.1. The Kier molecular flexibility index (Phi) is 4.40. The molecule has 4 heteroatoms. The van der Waals surface area contributed by atoms with Crippen LogP contribution in [-0.4, -0.2) is 36.1 Å². The lowest BCUT2D eigenvalue weighted by molar-refractivity contribution is -0.143. The minimum absolute atomic E-state index is 0.118. The van der Waals surface area contributed by atoms with Crippen LogP contribution in [0, 0.1) is 0 Å². The predicted octanol–water partition coefficient (Wildman–Crippen LogP) is 2.63. The van der Waals surface area contributed by atoms with Gasteiger partial charge in [0.1, 0.15) is 0 Å². The van der Waals surface area contributed by atoms with Gasteiger partial charge in [0.05, 0.1) is 25.2 Å². The first kappa shape index (κ1) is 13.6. The quantitative estimate of drug-likeness (QED) is 0.840. The van der Waals surface area contributed by atoms with Gasteiger partial charge >= 0.3 is 0 Å². The number of halogens is 1. The maximum Gasteiger partial charge on any atom is 0.227 e. The molecule has 1 aromatic carbocycles. The molecular formula is C14H18BrNO2. The fourth-order valence-corrected chi connectivity index (χ4v) is 2.43. The van der Waals surface area contributed by atoms with Crippen LogP contribution in [-0.2, 0) is 16.0 Å². The SMILES string of the molecule is CC1OCCN(C(=O)Cc2ccc(Br)cc2)C1C. The Bertz CT molecular complexity index is 418. The topological polar surface area (TPSA) is 29.5 Å². The Balaban J connectivity index is 2.01. The first-order valence-electron chi connectivity index (χ1n) is 6.23. The largest absolute Gasteiger partial charge is 0.375 e. The van der Waals surface area contributed by atoms with Crippen molar-refractivity contribution in [3.05, 3.63) is 34.3 Å². The van der Waals surface area contributed by atoms with Crippen molar-refractivity contribution >= 4 is 21.8 Å². The van der Waals surface area contributed by atoms with Crippen molar-refractivity contribution < 1.29 is 9.53 Å². The van der Waals surface area contributed by atoms with Crippen molar-refractivity contribution in [3.8, 4) is 0 Å². The summed E-state index contributed by atoms with van der Waals surface area (Å²) >= 11 is 3.39. The molecule has 2 rings (SSSR count). The molecule has 3 nitrogen and oxygen atoms in total. The van der Waals surface area contributed by atoms with Crippen LogP contribution in [0.5, 0.6) is 0 Å². The fraction of sp³-hybridized carbons (Fsp3) is 0.500. The number of rotatable bonds is 2. The molecule has 1 amide bonds. The third kappa shape index (κ3) is 3.12. The number of hydrogen-bond acceptors (Lipinski definition) is 2. The summed E-state index contributed by atoms with van der Waals surface area (Å²) in [6, 6.07) is 8.05. The van der Waals surface area contributed by atoms with Crippen LogP contribution in [0.2, 0.25) is 0 Å². The van der Waals surface area contributed by atoms with Gasteiger partial charge in [-0.2, -0.15) is 0 Å². The minimum Gasteiger partial charge on any atom is -0.375 e. The highest BCUT2D eigenvalue weighted by atomic mass is 79.9. The van der Waals surface area contributed by atoms with E-state index in [0.29, 0.717) is 19.6 Å². The smallest absolute Gasteiger partial charge is 0.227 e. The van der Waals surface area contributed by atoms with Gasteiger partial charge in [-0.05, 0) is 31.5 Å². The summed E-state index contributed by atoms with van der Waals surface area (Å²) in [6.45, 7) is 5.39. The van der Waals surface area contributed by atoms with E-state index in [1.54, 1.807) is 0 Å².